The van der Waals surface area contributed by atoms with Gasteiger partial charge in [0, 0.05) is 23.7 Å². The molecule has 0 saturated heterocycles. The first-order chi connectivity index (χ1) is 7.69. The van der Waals surface area contributed by atoms with Crippen LogP contribution in [0.3, 0.4) is 0 Å². The monoisotopic (exact) mass is 245 g/mol. The Morgan fingerprint density at radius 3 is 2.69 bits per heavy atom. The van der Waals surface area contributed by atoms with Crippen LogP contribution >= 0.6 is 11.6 Å². The number of halogens is 1. The first-order valence-electron chi connectivity index (χ1n) is 5.19. The topological polar surface area (TPSA) is 62.6 Å². The number of nitrogens with zero attached hydrogens (tertiary/aromatic N) is 1. The van der Waals surface area contributed by atoms with Gasteiger partial charge in [-0.1, -0.05) is 0 Å². The van der Waals surface area contributed by atoms with Crippen LogP contribution in [0.2, 0.25) is 0 Å². The van der Waals surface area contributed by atoms with Crippen molar-refractivity contribution in [2.24, 2.45) is 0 Å². The van der Waals surface area contributed by atoms with E-state index < -0.39 is 12.2 Å². The highest BCUT2D eigenvalue weighted by Crippen LogP contribution is 2.20. The number of alkyl halides is 1. The van der Waals surface area contributed by atoms with Crippen LogP contribution in [-0.2, 0) is 0 Å². The van der Waals surface area contributed by atoms with Gasteiger partial charge in [0.2, 0.25) is 5.88 Å². The molecule has 16 heavy (non-hydrogen) atoms. The quantitative estimate of drug-likeness (QED) is 0.746. The molecule has 5 heteroatoms. The molecule has 2 atom stereocenters. The van der Waals surface area contributed by atoms with Gasteiger partial charge in [0.05, 0.1) is 12.7 Å². The minimum absolute atomic E-state index is 0.308. The van der Waals surface area contributed by atoms with Gasteiger partial charge in [-0.2, -0.15) is 0 Å². The second-order valence-corrected chi connectivity index (χ2v) is 3.73. The van der Waals surface area contributed by atoms with E-state index in [-0.39, 0.29) is 0 Å². The number of ether oxygens (including phenoxy) is 1. The first-order valence-corrected chi connectivity index (χ1v) is 5.73. The highest BCUT2D eigenvalue weighted by atomic mass is 35.5. The van der Waals surface area contributed by atoms with Gasteiger partial charge in [-0.25, -0.2) is 4.98 Å². The van der Waals surface area contributed by atoms with E-state index in [4.69, 9.17) is 16.3 Å². The van der Waals surface area contributed by atoms with Crippen LogP contribution in [0.25, 0.3) is 0 Å². The molecule has 0 bridgehead atoms. The van der Waals surface area contributed by atoms with Crippen LogP contribution in [-0.4, -0.2) is 33.8 Å². The molecule has 0 aromatic carbocycles. The molecule has 0 spiro atoms. The summed E-state index contributed by atoms with van der Waals surface area (Å²) in [5.74, 6) is 0.813. The lowest BCUT2D eigenvalue weighted by Crippen LogP contribution is -2.18. The van der Waals surface area contributed by atoms with Gasteiger partial charge in [0.25, 0.3) is 0 Å². The molecule has 1 aromatic heterocycles. The van der Waals surface area contributed by atoms with Crippen LogP contribution in [0.4, 0.5) is 0 Å². The molecular formula is C11H16ClNO3. The number of aliphatic hydroxyl groups is 2. The van der Waals surface area contributed by atoms with Crippen molar-refractivity contribution in [3.63, 3.8) is 0 Å². The van der Waals surface area contributed by atoms with Crippen molar-refractivity contribution in [3.05, 3.63) is 23.9 Å². The average Bonchev–Trinajstić information content (AvgIpc) is 2.30. The molecule has 0 aliphatic carbocycles. The second kappa shape index (κ2) is 6.68. The number of pyridine rings is 1. The smallest absolute Gasteiger partial charge is 0.213 e. The minimum atomic E-state index is -0.957. The van der Waals surface area contributed by atoms with E-state index in [9.17, 15) is 10.2 Å². The zero-order valence-corrected chi connectivity index (χ0v) is 9.89. The molecule has 2 N–H and O–H groups in total. The molecular weight excluding hydrogens is 230 g/mol. The summed E-state index contributed by atoms with van der Waals surface area (Å²) >= 11 is 5.49. The van der Waals surface area contributed by atoms with E-state index in [1.54, 1.807) is 12.1 Å². The Morgan fingerprint density at radius 2 is 2.19 bits per heavy atom. The predicted octanol–water partition coefficient (Wildman–Crippen LogP) is 1.50. The van der Waals surface area contributed by atoms with E-state index in [0.29, 0.717) is 30.4 Å². The summed E-state index contributed by atoms with van der Waals surface area (Å²) in [6.45, 7) is 2.42. The summed E-state index contributed by atoms with van der Waals surface area (Å²) in [7, 11) is 0. The lowest BCUT2D eigenvalue weighted by atomic mass is 10.0. The molecule has 0 aliphatic rings. The molecule has 0 fully saturated rings. The van der Waals surface area contributed by atoms with Crippen LogP contribution < -0.4 is 4.74 Å². The average molecular weight is 246 g/mol. The first kappa shape index (κ1) is 13.2. The Morgan fingerprint density at radius 1 is 1.44 bits per heavy atom. The molecule has 0 radical (unpaired) electrons. The third-order valence-electron chi connectivity index (χ3n) is 2.16. The zero-order valence-electron chi connectivity index (χ0n) is 9.14. The maximum absolute atomic E-state index is 9.75. The molecule has 4 nitrogen and oxygen atoms in total. The van der Waals surface area contributed by atoms with Gasteiger partial charge in [0.15, 0.2) is 0 Å². The third kappa shape index (κ3) is 3.63. The minimum Gasteiger partial charge on any atom is -0.478 e. The highest BCUT2D eigenvalue weighted by molar-refractivity contribution is 6.17. The molecule has 0 amide bonds. The Kier molecular flexibility index (Phi) is 5.52. The highest BCUT2D eigenvalue weighted by Gasteiger charge is 2.17. The maximum Gasteiger partial charge on any atom is 0.213 e. The van der Waals surface area contributed by atoms with Crippen molar-refractivity contribution in [1.29, 1.82) is 0 Å². The van der Waals surface area contributed by atoms with Crippen molar-refractivity contribution in [2.75, 3.05) is 12.5 Å². The summed E-state index contributed by atoms with van der Waals surface area (Å²) in [6.07, 6.45) is 0.0161. The van der Waals surface area contributed by atoms with E-state index >= 15 is 0 Å². The van der Waals surface area contributed by atoms with Gasteiger partial charge in [-0.15, -0.1) is 11.6 Å². The van der Waals surface area contributed by atoms with Crippen molar-refractivity contribution in [1.82, 2.24) is 4.98 Å². The fourth-order valence-electron chi connectivity index (χ4n) is 1.29. The van der Waals surface area contributed by atoms with Crippen molar-refractivity contribution >= 4 is 11.6 Å². The maximum atomic E-state index is 9.75. The standard InChI is InChI=1S/C11H16ClNO3/c1-2-16-10-4-3-8(7-13-10)11(15)9(14)5-6-12/h3-4,7,9,11,14-15H,2,5-6H2,1H3. The Bertz CT molecular complexity index is 305. The number of hydrogen-bond acceptors (Lipinski definition) is 4. The van der Waals surface area contributed by atoms with Gasteiger partial charge in [-0.3, -0.25) is 0 Å². The van der Waals surface area contributed by atoms with Gasteiger partial charge in [-0.05, 0) is 19.4 Å². The number of hydrogen-bond donors (Lipinski definition) is 2. The third-order valence-corrected chi connectivity index (χ3v) is 2.38. The van der Waals surface area contributed by atoms with Crippen LogP contribution in [0, 0.1) is 0 Å². The Hall–Kier alpha value is -0.840. The summed E-state index contributed by atoms with van der Waals surface area (Å²) in [4.78, 5) is 4.01. The molecule has 2 unspecified atom stereocenters. The van der Waals surface area contributed by atoms with Crippen molar-refractivity contribution in [2.45, 2.75) is 25.6 Å². The number of aliphatic hydroxyl groups excluding tert-OH is 2. The van der Waals surface area contributed by atoms with Gasteiger partial charge in [0.1, 0.15) is 6.10 Å². The molecule has 0 aliphatic heterocycles. The summed E-state index contributed by atoms with van der Waals surface area (Å²) in [5.41, 5.74) is 0.557. The van der Waals surface area contributed by atoms with Crippen molar-refractivity contribution < 1.29 is 14.9 Å². The van der Waals surface area contributed by atoms with Crippen LogP contribution in [0.15, 0.2) is 18.3 Å². The Labute approximate surface area is 99.8 Å². The normalized spacial score (nSPS) is 14.5. The van der Waals surface area contributed by atoms with E-state index in [0.717, 1.165) is 0 Å². The van der Waals surface area contributed by atoms with Gasteiger partial charge >= 0.3 is 0 Å². The van der Waals surface area contributed by atoms with Crippen LogP contribution in [0.5, 0.6) is 5.88 Å². The SMILES string of the molecule is CCOc1ccc(C(O)C(O)CCCl)cn1. The number of aromatic nitrogens is 1. The van der Waals surface area contributed by atoms with E-state index in [2.05, 4.69) is 4.98 Å². The van der Waals surface area contributed by atoms with E-state index in [1.807, 2.05) is 6.92 Å². The summed E-state index contributed by atoms with van der Waals surface area (Å²) < 4.78 is 5.17. The molecule has 1 heterocycles. The molecule has 0 saturated carbocycles. The largest absolute Gasteiger partial charge is 0.478 e. The van der Waals surface area contributed by atoms with Gasteiger partial charge < -0.3 is 14.9 Å². The van der Waals surface area contributed by atoms with E-state index in [1.165, 1.54) is 6.20 Å². The fourth-order valence-corrected chi connectivity index (χ4v) is 1.52. The summed E-state index contributed by atoms with van der Waals surface area (Å²) in [6, 6.07) is 3.34. The second-order valence-electron chi connectivity index (χ2n) is 3.35. The molecule has 1 aromatic rings. The number of rotatable bonds is 6. The molecule has 1 rings (SSSR count). The van der Waals surface area contributed by atoms with Crippen molar-refractivity contribution in [3.8, 4) is 5.88 Å². The predicted molar refractivity (Wildman–Crippen MR) is 61.7 cm³/mol. The lowest BCUT2D eigenvalue weighted by molar-refractivity contribution is 0.0167. The summed E-state index contributed by atoms with van der Waals surface area (Å²) in [5, 5.41) is 19.3. The Balaban J connectivity index is 2.65. The zero-order chi connectivity index (χ0) is 12.0. The lowest BCUT2D eigenvalue weighted by Gasteiger charge is -2.16. The van der Waals surface area contributed by atoms with Crippen LogP contribution in [0.1, 0.15) is 25.0 Å². The fraction of sp³-hybridized carbons (Fsp3) is 0.545. The molecule has 90 valence electrons.